The van der Waals surface area contributed by atoms with Gasteiger partial charge in [-0.25, -0.2) is 8.78 Å². The summed E-state index contributed by atoms with van der Waals surface area (Å²) in [5.41, 5.74) is 1.73. The highest BCUT2D eigenvalue weighted by Crippen LogP contribution is 2.25. The number of hydrogen-bond donors (Lipinski definition) is 1. The molecule has 6 heteroatoms. The van der Waals surface area contributed by atoms with Crippen LogP contribution in [0.4, 0.5) is 8.78 Å². The number of rotatable bonds is 7. The van der Waals surface area contributed by atoms with E-state index in [0.717, 1.165) is 35.5 Å². The van der Waals surface area contributed by atoms with E-state index in [1.54, 1.807) is 6.07 Å². The van der Waals surface area contributed by atoms with Crippen molar-refractivity contribution >= 4 is 11.5 Å². The van der Waals surface area contributed by atoms with Gasteiger partial charge in [-0.05, 0) is 55.0 Å². The number of halogens is 2. The highest BCUT2D eigenvalue weighted by atomic mass is 32.1. The van der Waals surface area contributed by atoms with Crippen molar-refractivity contribution in [3.05, 3.63) is 46.0 Å². The lowest BCUT2D eigenvalue weighted by Crippen LogP contribution is -2.24. The Kier molecular flexibility index (Phi) is 5.76. The summed E-state index contributed by atoms with van der Waals surface area (Å²) in [7, 11) is 0. The average Bonchev–Trinajstić information content (AvgIpc) is 2.95. The number of aromatic nitrogens is 2. The Balaban J connectivity index is 2.21. The van der Waals surface area contributed by atoms with E-state index >= 15 is 0 Å². The fraction of sp³-hybridized carbons (Fsp3) is 0.467. The van der Waals surface area contributed by atoms with Crippen LogP contribution in [0.25, 0.3) is 0 Å². The summed E-state index contributed by atoms with van der Waals surface area (Å²) in [6.07, 6.45) is 2.41. The number of hydrogen-bond acceptors (Lipinski definition) is 4. The molecule has 0 aliphatic carbocycles. The van der Waals surface area contributed by atoms with Gasteiger partial charge in [0.05, 0.1) is 10.6 Å². The summed E-state index contributed by atoms with van der Waals surface area (Å²) in [4.78, 5) is 1.08. The number of nitrogens with zero attached hydrogens (tertiary/aromatic N) is 2. The predicted molar refractivity (Wildman–Crippen MR) is 80.4 cm³/mol. The zero-order valence-electron chi connectivity index (χ0n) is 12.2. The van der Waals surface area contributed by atoms with Crippen molar-refractivity contribution in [3.8, 4) is 0 Å². The number of nitrogens with one attached hydrogen (secondary N) is 1. The van der Waals surface area contributed by atoms with E-state index in [4.69, 9.17) is 0 Å². The largest absolute Gasteiger partial charge is 0.309 e. The van der Waals surface area contributed by atoms with E-state index in [0.29, 0.717) is 6.42 Å². The van der Waals surface area contributed by atoms with Gasteiger partial charge in [-0.1, -0.05) is 24.4 Å². The van der Waals surface area contributed by atoms with Crippen LogP contribution in [-0.4, -0.2) is 16.1 Å². The van der Waals surface area contributed by atoms with Crippen LogP contribution in [-0.2, 0) is 12.8 Å². The molecular formula is C15H19F2N3S. The molecule has 0 fully saturated rings. The molecule has 0 saturated heterocycles. The van der Waals surface area contributed by atoms with Crippen molar-refractivity contribution in [1.29, 1.82) is 0 Å². The maximum absolute atomic E-state index is 13.4. The Labute approximate surface area is 127 Å². The van der Waals surface area contributed by atoms with Crippen LogP contribution in [0, 0.1) is 11.6 Å². The minimum absolute atomic E-state index is 0.0322. The summed E-state index contributed by atoms with van der Waals surface area (Å²) in [6.45, 7) is 4.98. The first-order valence-electron chi connectivity index (χ1n) is 7.14. The second-order valence-electron chi connectivity index (χ2n) is 4.90. The van der Waals surface area contributed by atoms with Crippen molar-refractivity contribution < 1.29 is 8.78 Å². The van der Waals surface area contributed by atoms with Gasteiger partial charge in [0.15, 0.2) is 11.6 Å². The molecule has 0 aliphatic rings. The van der Waals surface area contributed by atoms with Crippen LogP contribution < -0.4 is 5.32 Å². The molecular weight excluding hydrogens is 292 g/mol. The SMILES string of the molecule is CCCNC(Cc1ccc(F)c(F)c1)c1snnc1CC. The van der Waals surface area contributed by atoms with Gasteiger partial charge in [0.2, 0.25) is 0 Å². The van der Waals surface area contributed by atoms with E-state index in [1.807, 2.05) is 6.92 Å². The first-order chi connectivity index (χ1) is 10.2. The molecule has 3 nitrogen and oxygen atoms in total. The molecule has 1 N–H and O–H groups in total. The van der Waals surface area contributed by atoms with E-state index in [2.05, 4.69) is 21.8 Å². The van der Waals surface area contributed by atoms with Gasteiger partial charge in [0.1, 0.15) is 0 Å². The molecule has 1 heterocycles. The third-order valence-corrected chi connectivity index (χ3v) is 4.18. The van der Waals surface area contributed by atoms with Crippen molar-refractivity contribution in [2.75, 3.05) is 6.54 Å². The Morgan fingerprint density at radius 3 is 2.71 bits per heavy atom. The van der Waals surface area contributed by atoms with Crippen molar-refractivity contribution in [3.63, 3.8) is 0 Å². The molecule has 0 aliphatic heterocycles. The van der Waals surface area contributed by atoms with Crippen molar-refractivity contribution in [2.45, 2.75) is 39.2 Å². The average molecular weight is 311 g/mol. The number of aryl methyl sites for hydroxylation is 1. The van der Waals surface area contributed by atoms with Crippen molar-refractivity contribution in [1.82, 2.24) is 14.9 Å². The maximum Gasteiger partial charge on any atom is 0.159 e. The molecule has 1 unspecified atom stereocenters. The predicted octanol–water partition coefficient (Wildman–Crippen LogP) is 3.66. The minimum Gasteiger partial charge on any atom is -0.309 e. The Hall–Kier alpha value is -1.40. The smallest absolute Gasteiger partial charge is 0.159 e. The number of benzene rings is 1. The highest BCUT2D eigenvalue weighted by Gasteiger charge is 2.19. The second kappa shape index (κ2) is 7.56. The normalized spacial score (nSPS) is 12.6. The lowest BCUT2D eigenvalue weighted by Gasteiger charge is -2.18. The quantitative estimate of drug-likeness (QED) is 0.848. The molecule has 1 atom stereocenters. The third kappa shape index (κ3) is 4.04. The molecule has 2 aromatic rings. The van der Waals surface area contributed by atoms with Crippen molar-refractivity contribution in [2.24, 2.45) is 0 Å². The van der Waals surface area contributed by atoms with E-state index in [-0.39, 0.29) is 6.04 Å². The van der Waals surface area contributed by atoms with Crippen LogP contribution in [0.1, 0.15) is 42.4 Å². The molecule has 1 aromatic heterocycles. The zero-order valence-corrected chi connectivity index (χ0v) is 13.0. The van der Waals surface area contributed by atoms with Crippen LogP contribution in [0.3, 0.4) is 0 Å². The van der Waals surface area contributed by atoms with E-state index < -0.39 is 11.6 Å². The van der Waals surface area contributed by atoms with Gasteiger partial charge in [-0.15, -0.1) is 5.10 Å². The van der Waals surface area contributed by atoms with E-state index in [9.17, 15) is 8.78 Å². The Morgan fingerprint density at radius 1 is 1.24 bits per heavy atom. The standard InChI is InChI=1S/C15H19F2N3S/c1-3-7-18-14(15-13(4-2)19-20-21-15)9-10-5-6-11(16)12(17)8-10/h5-6,8,14,18H,3-4,7,9H2,1-2H3. The van der Waals surface area contributed by atoms with Gasteiger partial charge in [0, 0.05) is 6.04 Å². The molecule has 0 saturated carbocycles. The molecule has 21 heavy (non-hydrogen) atoms. The van der Waals surface area contributed by atoms with Gasteiger partial charge in [-0.2, -0.15) is 0 Å². The zero-order chi connectivity index (χ0) is 15.2. The Morgan fingerprint density at radius 2 is 2.05 bits per heavy atom. The fourth-order valence-corrected chi connectivity index (χ4v) is 3.02. The lowest BCUT2D eigenvalue weighted by molar-refractivity contribution is 0.500. The summed E-state index contributed by atoms with van der Waals surface area (Å²) in [5, 5.41) is 7.57. The van der Waals surface area contributed by atoms with Crippen LogP contribution in [0.15, 0.2) is 18.2 Å². The summed E-state index contributed by atoms with van der Waals surface area (Å²) < 4.78 is 30.4. The minimum atomic E-state index is -0.814. The van der Waals surface area contributed by atoms with E-state index in [1.165, 1.54) is 23.7 Å². The van der Waals surface area contributed by atoms with Crippen LogP contribution in [0.2, 0.25) is 0 Å². The topological polar surface area (TPSA) is 37.8 Å². The maximum atomic E-state index is 13.4. The molecule has 0 radical (unpaired) electrons. The first kappa shape index (κ1) is 16.0. The summed E-state index contributed by atoms with van der Waals surface area (Å²) in [6, 6.07) is 4.09. The molecule has 0 bridgehead atoms. The summed E-state index contributed by atoms with van der Waals surface area (Å²) >= 11 is 1.37. The lowest BCUT2D eigenvalue weighted by atomic mass is 10.0. The monoisotopic (exact) mass is 311 g/mol. The summed E-state index contributed by atoms with van der Waals surface area (Å²) in [5.74, 6) is -1.62. The first-order valence-corrected chi connectivity index (χ1v) is 7.91. The van der Waals surface area contributed by atoms with Gasteiger partial charge >= 0.3 is 0 Å². The molecule has 114 valence electrons. The molecule has 0 amide bonds. The fourth-order valence-electron chi connectivity index (χ4n) is 2.20. The van der Waals surface area contributed by atoms with Gasteiger partial charge in [-0.3, -0.25) is 0 Å². The third-order valence-electron chi connectivity index (χ3n) is 3.30. The Bertz CT molecular complexity index is 586. The molecule has 1 aromatic carbocycles. The van der Waals surface area contributed by atoms with Gasteiger partial charge in [0.25, 0.3) is 0 Å². The van der Waals surface area contributed by atoms with Crippen LogP contribution in [0.5, 0.6) is 0 Å². The van der Waals surface area contributed by atoms with Crippen LogP contribution >= 0.6 is 11.5 Å². The van der Waals surface area contributed by atoms with Gasteiger partial charge < -0.3 is 5.32 Å². The molecule has 0 spiro atoms. The highest BCUT2D eigenvalue weighted by molar-refractivity contribution is 7.05. The molecule has 2 rings (SSSR count). The second-order valence-corrected chi connectivity index (χ2v) is 5.68.